The Morgan fingerprint density at radius 1 is 0.976 bits per heavy atom. The number of benzene rings is 2. The molecule has 2 aromatic carbocycles. The molecule has 3 heterocycles. The van der Waals surface area contributed by atoms with E-state index >= 15 is 0 Å². The maximum Gasteiger partial charge on any atom is 0.437 e. The molecule has 2 unspecified atom stereocenters. The van der Waals surface area contributed by atoms with E-state index in [1.807, 2.05) is 6.92 Å². The van der Waals surface area contributed by atoms with Crippen molar-refractivity contribution in [1.82, 2.24) is 9.88 Å². The summed E-state index contributed by atoms with van der Waals surface area (Å²) in [6, 6.07) is 12.6. The summed E-state index contributed by atoms with van der Waals surface area (Å²) < 4.78 is 51.3. The number of nitrogens with one attached hydrogen (secondary N) is 1. The minimum absolute atomic E-state index is 0.207. The molecule has 42 heavy (non-hydrogen) atoms. The summed E-state index contributed by atoms with van der Waals surface area (Å²) >= 11 is 0. The maximum absolute atomic E-state index is 13.7. The smallest absolute Gasteiger partial charge is 0.437 e. The number of carbonyl (C=O) groups excluding carboxylic acids is 3. The molecule has 0 bridgehead atoms. The molecule has 0 saturated carbocycles. The van der Waals surface area contributed by atoms with Crippen LogP contribution >= 0.6 is 0 Å². The zero-order chi connectivity index (χ0) is 30.0. The van der Waals surface area contributed by atoms with E-state index in [9.17, 15) is 27.6 Å². The fourth-order valence-electron chi connectivity index (χ4n) is 5.45. The lowest BCUT2D eigenvalue weighted by Gasteiger charge is -2.29. The van der Waals surface area contributed by atoms with Crippen molar-refractivity contribution in [3.63, 3.8) is 0 Å². The predicted octanol–water partition coefficient (Wildman–Crippen LogP) is 5.63. The van der Waals surface area contributed by atoms with Crippen LogP contribution < -0.4 is 10.2 Å². The Morgan fingerprint density at radius 2 is 1.62 bits per heavy atom. The molecule has 5 rings (SSSR count). The molecule has 2 saturated heterocycles. The molecule has 0 spiro atoms. The van der Waals surface area contributed by atoms with Gasteiger partial charge >= 0.3 is 12.1 Å². The molecule has 1 aromatic heterocycles. The Kier molecular flexibility index (Phi) is 8.24. The van der Waals surface area contributed by atoms with E-state index in [-0.39, 0.29) is 23.5 Å². The van der Waals surface area contributed by atoms with Crippen LogP contribution in [-0.2, 0) is 15.7 Å². The van der Waals surface area contributed by atoms with E-state index in [1.165, 1.54) is 12.0 Å². The molecule has 2 amide bonds. The number of nitrogens with zero attached hydrogens (tertiary/aromatic N) is 3. The van der Waals surface area contributed by atoms with Gasteiger partial charge in [-0.25, -0.2) is 4.79 Å². The number of oxazole rings is 1. The van der Waals surface area contributed by atoms with Gasteiger partial charge in [0.25, 0.3) is 17.8 Å². The average molecular weight is 585 g/mol. The average Bonchev–Trinajstić information content (AvgIpc) is 3.66. The van der Waals surface area contributed by atoms with Crippen LogP contribution in [0.3, 0.4) is 0 Å². The van der Waals surface area contributed by atoms with Crippen LogP contribution in [0.5, 0.6) is 0 Å². The topological polar surface area (TPSA) is 105 Å². The van der Waals surface area contributed by atoms with Crippen molar-refractivity contribution in [2.45, 2.75) is 44.8 Å². The highest BCUT2D eigenvalue weighted by atomic mass is 19.4. The number of hydrogen-bond acceptors (Lipinski definition) is 7. The summed E-state index contributed by atoms with van der Waals surface area (Å²) in [6.07, 6.45) is -1.81. The second-order valence-corrected chi connectivity index (χ2v) is 10.7. The Labute approximate surface area is 240 Å². The third-order valence-corrected chi connectivity index (χ3v) is 7.61. The number of esters is 1. The SMILES string of the molecule is COC(=O)C1CCCN1C(=O)c1ccc(-c2ccc(NC(=O)c3oc(N4CCCC(C)C4)nc3C(F)(F)F)cc2)cc1. The first-order chi connectivity index (χ1) is 20.0. The third kappa shape index (κ3) is 6.12. The first kappa shape index (κ1) is 29.2. The Bertz CT molecular complexity index is 1450. The molecule has 222 valence electrons. The summed E-state index contributed by atoms with van der Waals surface area (Å²) in [7, 11) is 1.30. The van der Waals surface area contributed by atoms with Crippen LogP contribution in [0.2, 0.25) is 0 Å². The predicted molar refractivity (Wildman–Crippen MR) is 148 cm³/mol. The van der Waals surface area contributed by atoms with Gasteiger partial charge in [-0.3, -0.25) is 9.59 Å². The highest BCUT2D eigenvalue weighted by molar-refractivity contribution is 6.03. The number of likely N-dealkylation sites (tertiary alicyclic amines) is 1. The summed E-state index contributed by atoms with van der Waals surface area (Å²) in [4.78, 5) is 44.6. The molecular weight excluding hydrogens is 553 g/mol. The van der Waals surface area contributed by atoms with Gasteiger partial charge in [0.1, 0.15) is 6.04 Å². The number of amides is 2. The van der Waals surface area contributed by atoms with Gasteiger partial charge < -0.3 is 24.3 Å². The van der Waals surface area contributed by atoms with Crippen molar-refractivity contribution in [3.8, 4) is 11.1 Å². The minimum Gasteiger partial charge on any atom is -0.467 e. The summed E-state index contributed by atoms with van der Waals surface area (Å²) in [5, 5.41) is 2.47. The first-order valence-electron chi connectivity index (χ1n) is 13.8. The van der Waals surface area contributed by atoms with E-state index in [4.69, 9.17) is 9.15 Å². The van der Waals surface area contributed by atoms with Crippen molar-refractivity contribution in [2.75, 3.05) is 37.0 Å². The number of ether oxygens (including phenoxy) is 1. The van der Waals surface area contributed by atoms with Crippen molar-refractivity contribution in [1.29, 1.82) is 0 Å². The molecule has 0 radical (unpaired) electrons. The van der Waals surface area contributed by atoms with Crippen molar-refractivity contribution >= 4 is 29.5 Å². The second-order valence-electron chi connectivity index (χ2n) is 10.7. The van der Waals surface area contributed by atoms with Crippen LogP contribution in [-0.4, -0.2) is 60.5 Å². The number of methoxy groups -OCH3 is 1. The number of hydrogen-bond donors (Lipinski definition) is 1. The number of halogens is 3. The monoisotopic (exact) mass is 584 g/mol. The summed E-state index contributed by atoms with van der Waals surface area (Å²) in [6.45, 7) is 3.49. The van der Waals surface area contributed by atoms with E-state index < -0.39 is 35.5 Å². The molecule has 2 aliphatic rings. The van der Waals surface area contributed by atoms with Gasteiger partial charge in [0, 0.05) is 30.9 Å². The van der Waals surface area contributed by atoms with E-state index in [2.05, 4.69) is 10.3 Å². The Morgan fingerprint density at radius 3 is 2.24 bits per heavy atom. The van der Waals surface area contributed by atoms with Gasteiger partial charge in [0.15, 0.2) is 5.69 Å². The minimum atomic E-state index is -4.86. The number of carbonyl (C=O) groups is 3. The molecular formula is C30H31F3N4O5. The fraction of sp³-hybridized carbons (Fsp3) is 0.400. The van der Waals surface area contributed by atoms with Crippen molar-refractivity contribution < 1.29 is 36.7 Å². The van der Waals surface area contributed by atoms with Gasteiger partial charge in [0.2, 0.25) is 5.76 Å². The van der Waals surface area contributed by atoms with Crippen LogP contribution in [0.1, 0.15) is 59.2 Å². The largest absolute Gasteiger partial charge is 0.467 e. The second kappa shape index (κ2) is 11.9. The highest BCUT2D eigenvalue weighted by Crippen LogP contribution is 2.35. The van der Waals surface area contributed by atoms with E-state index in [1.54, 1.807) is 53.4 Å². The summed E-state index contributed by atoms with van der Waals surface area (Å²) in [5.74, 6) is -2.34. The Hall–Kier alpha value is -4.35. The van der Waals surface area contributed by atoms with Gasteiger partial charge in [0.05, 0.1) is 7.11 Å². The van der Waals surface area contributed by atoms with Crippen LogP contribution in [0, 0.1) is 5.92 Å². The molecule has 2 fully saturated rings. The number of piperidine rings is 1. The number of anilines is 2. The molecule has 3 aromatic rings. The fourth-order valence-corrected chi connectivity index (χ4v) is 5.45. The van der Waals surface area contributed by atoms with E-state index in [0.29, 0.717) is 31.6 Å². The van der Waals surface area contributed by atoms with Gasteiger partial charge in [-0.05, 0) is 67.0 Å². The molecule has 0 aliphatic carbocycles. The lowest BCUT2D eigenvalue weighted by Crippen LogP contribution is -2.41. The van der Waals surface area contributed by atoms with Gasteiger partial charge in [-0.15, -0.1) is 0 Å². The summed E-state index contributed by atoms with van der Waals surface area (Å²) in [5.41, 5.74) is 0.898. The van der Waals surface area contributed by atoms with Crippen LogP contribution in [0.25, 0.3) is 11.1 Å². The van der Waals surface area contributed by atoms with Crippen molar-refractivity contribution in [3.05, 3.63) is 65.5 Å². The quantitative estimate of drug-likeness (QED) is 0.375. The standard InChI is InChI=1S/C30H31F3N4O5/c1-18-5-3-15-36(17-18)29-35-25(30(31,32)33)24(42-29)26(38)34-22-13-11-20(12-14-22)19-7-9-21(10-8-19)27(39)37-16-4-6-23(37)28(40)41-2/h7-14,18,23H,3-6,15-17H2,1-2H3,(H,34,38). The van der Waals surface area contributed by atoms with Crippen LogP contribution in [0.4, 0.5) is 24.9 Å². The van der Waals surface area contributed by atoms with Gasteiger partial charge in [-0.2, -0.15) is 18.2 Å². The Balaban J connectivity index is 1.27. The third-order valence-electron chi connectivity index (χ3n) is 7.61. The highest BCUT2D eigenvalue weighted by Gasteiger charge is 2.42. The number of rotatable bonds is 6. The zero-order valence-corrected chi connectivity index (χ0v) is 23.2. The first-order valence-corrected chi connectivity index (χ1v) is 13.8. The van der Waals surface area contributed by atoms with Crippen molar-refractivity contribution in [2.24, 2.45) is 5.92 Å². The molecule has 12 heteroatoms. The zero-order valence-electron chi connectivity index (χ0n) is 23.2. The lowest BCUT2D eigenvalue weighted by molar-refractivity contribution is -0.145. The maximum atomic E-state index is 13.7. The molecule has 2 aliphatic heterocycles. The number of alkyl halides is 3. The molecule has 9 nitrogen and oxygen atoms in total. The number of aromatic nitrogens is 1. The van der Waals surface area contributed by atoms with Gasteiger partial charge in [-0.1, -0.05) is 31.2 Å². The van der Waals surface area contributed by atoms with E-state index in [0.717, 1.165) is 30.4 Å². The molecule has 1 N–H and O–H groups in total. The van der Waals surface area contributed by atoms with Crippen LogP contribution in [0.15, 0.2) is 52.9 Å². The normalized spacial score (nSPS) is 19.1. The molecule has 2 atom stereocenters. The lowest BCUT2D eigenvalue weighted by atomic mass is 10.0.